The summed E-state index contributed by atoms with van der Waals surface area (Å²) >= 11 is 0. The molecule has 202 valence electrons. The summed E-state index contributed by atoms with van der Waals surface area (Å²) in [6.45, 7) is 0. The van der Waals surface area contributed by atoms with E-state index in [0.29, 0.717) is 5.56 Å². The molecule has 1 aromatic heterocycles. The van der Waals surface area contributed by atoms with Crippen molar-refractivity contribution in [2.24, 2.45) is 0 Å². The molecule has 42 heavy (non-hydrogen) atoms. The number of allylic oxidation sites excluding steroid dienone is 3. The number of hydrogen-bond acceptors (Lipinski definition) is 2. The lowest BCUT2D eigenvalue weighted by molar-refractivity contribution is 0.104. The smallest absolute Gasteiger partial charge is 0.185 e. The highest BCUT2D eigenvalue weighted by Crippen LogP contribution is 2.41. The van der Waals surface area contributed by atoms with Crippen LogP contribution in [-0.4, -0.2) is 15.3 Å². The van der Waals surface area contributed by atoms with E-state index in [1.54, 1.807) is 6.08 Å². The fourth-order valence-corrected chi connectivity index (χ4v) is 5.51. The molecule has 0 saturated carbocycles. The third-order valence-electron chi connectivity index (χ3n) is 7.47. The van der Waals surface area contributed by atoms with Gasteiger partial charge in [0.1, 0.15) is 5.54 Å². The highest BCUT2D eigenvalue weighted by Gasteiger charge is 2.38. The minimum atomic E-state index is -0.657. The van der Waals surface area contributed by atoms with Crippen molar-refractivity contribution in [3.8, 4) is 0 Å². The molecule has 6 rings (SSSR count). The van der Waals surface area contributed by atoms with Crippen LogP contribution in [-0.2, 0) is 5.54 Å². The van der Waals surface area contributed by atoms with Gasteiger partial charge in [0, 0.05) is 17.3 Å². The highest BCUT2D eigenvalue weighted by atomic mass is 16.1. The van der Waals surface area contributed by atoms with E-state index in [9.17, 15) is 4.79 Å². The molecule has 0 aliphatic carbocycles. The standard InChI is InChI=1S/C39H30N2O/c42-38(32-19-8-2-9-20-32)28-16-27-36(31-17-6-1-7-18-31)37-29-41(30-40-37)39(33-21-10-3-11-22-33,34-23-12-4-13-24-34)35-25-14-5-15-26-35/h1-30H. The number of aromatic nitrogens is 2. The Labute approximate surface area is 246 Å². The third-order valence-corrected chi connectivity index (χ3v) is 7.47. The van der Waals surface area contributed by atoms with E-state index in [2.05, 4.69) is 95.7 Å². The quantitative estimate of drug-likeness (QED) is 0.0794. The normalized spacial score (nSPS) is 12.0. The molecule has 0 aliphatic heterocycles. The first kappa shape index (κ1) is 26.7. The summed E-state index contributed by atoms with van der Waals surface area (Å²) in [5.41, 5.74) is 6.14. The molecule has 0 unspecified atom stereocenters. The predicted octanol–water partition coefficient (Wildman–Crippen LogP) is 8.59. The highest BCUT2D eigenvalue weighted by molar-refractivity contribution is 6.04. The van der Waals surface area contributed by atoms with Crippen LogP contribution in [0.2, 0.25) is 0 Å². The number of hydrogen-bond donors (Lipinski definition) is 0. The van der Waals surface area contributed by atoms with Gasteiger partial charge in [0.15, 0.2) is 5.78 Å². The maximum absolute atomic E-state index is 12.8. The summed E-state index contributed by atoms with van der Waals surface area (Å²) in [6.07, 6.45) is 9.42. The maximum Gasteiger partial charge on any atom is 0.185 e. The van der Waals surface area contributed by atoms with Crippen molar-refractivity contribution in [3.05, 3.63) is 216 Å². The third kappa shape index (κ3) is 5.28. The second kappa shape index (κ2) is 12.3. The minimum absolute atomic E-state index is 0.0407. The SMILES string of the molecule is O=C(C=CC=C(c1ccccc1)c1cn(C(c2ccccc2)(c2ccccc2)c2ccccc2)cn1)c1ccccc1. The lowest BCUT2D eigenvalue weighted by Gasteiger charge is -2.37. The number of ketones is 1. The van der Waals surface area contributed by atoms with Crippen LogP contribution in [0.25, 0.3) is 5.57 Å². The predicted molar refractivity (Wildman–Crippen MR) is 170 cm³/mol. The molecule has 0 fully saturated rings. The van der Waals surface area contributed by atoms with Gasteiger partial charge in [-0.3, -0.25) is 4.79 Å². The Morgan fingerprint density at radius 3 is 1.48 bits per heavy atom. The summed E-state index contributed by atoms with van der Waals surface area (Å²) in [5, 5.41) is 0. The lowest BCUT2D eigenvalue weighted by atomic mass is 9.76. The molecular formula is C39H30N2O. The summed E-state index contributed by atoms with van der Waals surface area (Å²) in [6, 6.07) is 51.1. The van der Waals surface area contributed by atoms with Gasteiger partial charge in [-0.05, 0) is 28.3 Å². The van der Waals surface area contributed by atoms with Crippen LogP contribution in [0, 0.1) is 0 Å². The van der Waals surface area contributed by atoms with Crippen molar-refractivity contribution in [3.63, 3.8) is 0 Å². The van der Waals surface area contributed by atoms with Gasteiger partial charge < -0.3 is 4.57 Å². The molecule has 6 aromatic rings. The fraction of sp³-hybridized carbons (Fsp3) is 0.0256. The number of benzene rings is 5. The zero-order chi connectivity index (χ0) is 28.6. The van der Waals surface area contributed by atoms with Crippen molar-refractivity contribution < 1.29 is 4.79 Å². The van der Waals surface area contributed by atoms with Gasteiger partial charge in [-0.25, -0.2) is 4.98 Å². The first-order valence-corrected chi connectivity index (χ1v) is 14.0. The summed E-state index contributed by atoms with van der Waals surface area (Å²) in [7, 11) is 0. The molecular weight excluding hydrogens is 512 g/mol. The molecule has 0 N–H and O–H groups in total. The van der Waals surface area contributed by atoms with E-state index in [0.717, 1.165) is 33.5 Å². The van der Waals surface area contributed by atoms with Gasteiger partial charge in [0.2, 0.25) is 0 Å². The molecule has 0 spiro atoms. The van der Waals surface area contributed by atoms with E-state index >= 15 is 0 Å². The van der Waals surface area contributed by atoms with Crippen LogP contribution in [0.1, 0.15) is 38.3 Å². The van der Waals surface area contributed by atoms with Crippen molar-refractivity contribution in [2.45, 2.75) is 5.54 Å². The second-order valence-electron chi connectivity index (χ2n) is 10.0. The Morgan fingerprint density at radius 2 is 1.00 bits per heavy atom. The average molecular weight is 543 g/mol. The van der Waals surface area contributed by atoms with Crippen molar-refractivity contribution >= 4 is 11.4 Å². The van der Waals surface area contributed by atoms with Crippen LogP contribution in [0.4, 0.5) is 0 Å². The van der Waals surface area contributed by atoms with Crippen LogP contribution < -0.4 is 0 Å². The van der Waals surface area contributed by atoms with E-state index < -0.39 is 5.54 Å². The first-order chi connectivity index (χ1) is 20.8. The molecule has 1 heterocycles. The van der Waals surface area contributed by atoms with E-state index in [-0.39, 0.29) is 5.78 Å². The van der Waals surface area contributed by atoms with Crippen LogP contribution in [0.3, 0.4) is 0 Å². The van der Waals surface area contributed by atoms with Crippen molar-refractivity contribution in [2.75, 3.05) is 0 Å². The minimum Gasteiger partial charge on any atom is -0.318 e. The summed E-state index contributed by atoms with van der Waals surface area (Å²) in [4.78, 5) is 17.7. The Hall–Kier alpha value is -5.54. The Bertz CT molecular complexity index is 1710. The van der Waals surface area contributed by atoms with Gasteiger partial charge in [-0.1, -0.05) is 164 Å². The first-order valence-electron chi connectivity index (χ1n) is 14.0. The number of rotatable bonds is 9. The van der Waals surface area contributed by atoms with Gasteiger partial charge >= 0.3 is 0 Å². The molecule has 3 nitrogen and oxygen atoms in total. The molecule has 0 radical (unpaired) electrons. The van der Waals surface area contributed by atoms with Crippen molar-refractivity contribution in [1.29, 1.82) is 0 Å². The monoisotopic (exact) mass is 542 g/mol. The topological polar surface area (TPSA) is 34.9 Å². The molecule has 0 atom stereocenters. The summed E-state index contributed by atoms with van der Waals surface area (Å²) < 4.78 is 2.21. The number of carbonyl (C=O) groups excluding carboxylic acids is 1. The molecule has 0 aliphatic rings. The number of carbonyl (C=O) groups is 1. The molecule has 0 amide bonds. The van der Waals surface area contributed by atoms with Gasteiger partial charge in [0.25, 0.3) is 0 Å². The van der Waals surface area contributed by atoms with Gasteiger partial charge in [-0.2, -0.15) is 0 Å². The zero-order valence-corrected chi connectivity index (χ0v) is 23.1. The maximum atomic E-state index is 12.8. The number of imidazole rings is 1. The Morgan fingerprint density at radius 1 is 0.571 bits per heavy atom. The van der Waals surface area contributed by atoms with E-state index in [1.165, 1.54) is 0 Å². The molecule has 3 heteroatoms. The van der Waals surface area contributed by atoms with E-state index in [1.807, 2.05) is 85.2 Å². The molecule has 0 saturated heterocycles. The van der Waals surface area contributed by atoms with Crippen LogP contribution in [0.5, 0.6) is 0 Å². The Balaban J connectivity index is 1.51. The molecule has 5 aromatic carbocycles. The largest absolute Gasteiger partial charge is 0.318 e. The fourth-order valence-electron chi connectivity index (χ4n) is 5.51. The van der Waals surface area contributed by atoms with E-state index in [4.69, 9.17) is 4.98 Å². The summed E-state index contributed by atoms with van der Waals surface area (Å²) in [5.74, 6) is -0.0407. The number of nitrogens with zero attached hydrogens (tertiary/aromatic N) is 2. The van der Waals surface area contributed by atoms with Crippen LogP contribution >= 0.6 is 0 Å². The second-order valence-corrected chi connectivity index (χ2v) is 10.0. The van der Waals surface area contributed by atoms with Gasteiger partial charge in [0.05, 0.1) is 12.0 Å². The Kier molecular flexibility index (Phi) is 7.82. The van der Waals surface area contributed by atoms with Crippen molar-refractivity contribution in [1.82, 2.24) is 9.55 Å². The van der Waals surface area contributed by atoms with Crippen LogP contribution in [0.15, 0.2) is 182 Å². The average Bonchev–Trinajstić information content (AvgIpc) is 3.56. The molecule has 0 bridgehead atoms. The zero-order valence-electron chi connectivity index (χ0n) is 23.1. The lowest BCUT2D eigenvalue weighted by Crippen LogP contribution is -2.36. The van der Waals surface area contributed by atoms with Gasteiger partial charge in [-0.15, -0.1) is 0 Å².